The van der Waals surface area contributed by atoms with Crippen LogP contribution in [0.2, 0.25) is 0 Å². The number of rotatable bonds is 9. The van der Waals surface area contributed by atoms with Crippen LogP contribution >= 0.6 is 0 Å². The summed E-state index contributed by atoms with van der Waals surface area (Å²) in [7, 11) is 1.04. The number of carbonyl (C=O) groups is 1. The smallest absolute Gasteiger partial charge is 0.387 e. The molecule has 1 aliphatic heterocycles. The summed E-state index contributed by atoms with van der Waals surface area (Å²) in [6, 6.07) is 6.90. The predicted octanol–water partition coefficient (Wildman–Crippen LogP) is -6.84. The molecule has 0 bridgehead atoms. The van der Waals surface area contributed by atoms with E-state index in [0.717, 1.165) is 19.2 Å². The van der Waals surface area contributed by atoms with Gasteiger partial charge in [0.1, 0.15) is 5.75 Å². The van der Waals surface area contributed by atoms with E-state index < -0.39 is 69.3 Å². The second-order valence-electron chi connectivity index (χ2n) is 10.1. The molecule has 21 nitrogen and oxygen atoms in total. The molecule has 45 heavy (non-hydrogen) atoms. The third-order valence-electron chi connectivity index (χ3n) is 6.91. The molecule has 3 rings (SSSR count). The molecule has 2 aromatic rings. The fourth-order valence-corrected chi connectivity index (χ4v) is 4.51. The maximum Gasteiger partial charge on any atom is 0.387 e. The van der Waals surface area contributed by atoms with Crippen LogP contribution in [0.15, 0.2) is 36.4 Å². The number of hydrogen-bond donors (Lipinski definition) is 16. The van der Waals surface area contributed by atoms with Gasteiger partial charge in [-0.05, 0) is 49.2 Å². The van der Waals surface area contributed by atoms with E-state index in [-0.39, 0.29) is 28.3 Å². The number of phenolic OH excluding ortho intramolecular Hbond substituents is 1. The van der Waals surface area contributed by atoms with Crippen LogP contribution in [0.3, 0.4) is 0 Å². The van der Waals surface area contributed by atoms with Gasteiger partial charge < -0.3 is 91.4 Å². The van der Waals surface area contributed by atoms with Crippen molar-refractivity contribution >= 4 is 11.6 Å². The molecular weight excluding hydrogens is 618 g/mol. The Morgan fingerprint density at radius 3 is 1.69 bits per heavy atom. The highest BCUT2D eigenvalue weighted by molar-refractivity contribution is 5.94. The number of benzene rings is 2. The second kappa shape index (κ2) is 11.2. The fourth-order valence-electron chi connectivity index (χ4n) is 4.51. The first-order chi connectivity index (χ1) is 20.2. The first-order valence-electron chi connectivity index (χ1n) is 12.3. The van der Waals surface area contributed by atoms with Crippen molar-refractivity contribution in [2.75, 3.05) is 19.0 Å². The lowest BCUT2D eigenvalue weighted by Gasteiger charge is -2.63. The van der Waals surface area contributed by atoms with Crippen LogP contribution in [-0.2, 0) is 4.79 Å². The Morgan fingerprint density at radius 1 is 0.800 bits per heavy atom. The third-order valence-corrected chi connectivity index (χ3v) is 6.91. The minimum absolute atomic E-state index is 0.0229. The van der Waals surface area contributed by atoms with E-state index in [2.05, 4.69) is 10.1 Å². The van der Waals surface area contributed by atoms with Crippen molar-refractivity contribution < 1.29 is 90.9 Å². The Bertz CT molecular complexity index is 1390. The zero-order valence-electron chi connectivity index (χ0n) is 23.5. The summed E-state index contributed by atoms with van der Waals surface area (Å²) in [5, 5.41) is 160. The van der Waals surface area contributed by atoms with Gasteiger partial charge in [0.05, 0.1) is 13.7 Å². The van der Waals surface area contributed by atoms with Gasteiger partial charge in [-0.25, -0.2) is 0 Å². The topological polar surface area (TPSA) is 357 Å². The molecule has 1 saturated heterocycles. The number of aryl methyl sites for hydroxylation is 2. The highest BCUT2D eigenvalue weighted by Crippen LogP contribution is 2.49. The van der Waals surface area contributed by atoms with Crippen molar-refractivity contribution in [3.8, 4) is 17.2 Å². The summed E-state index contributed by atoms with van der Waals surface area (Å²) < 4.78 is 9.39. The van der Waals surface area contributed by atoms with Gasteiger partial charge >= 0.3 is 41.3 Å². The van der Waals surface area contributed by atoms with Crippen LogP contribution in [0.5, 0.6) is 17.2 Å². The maximum atomic E-state index is 12.8. The molecule has 1 heterocycles. The monoisotopic (exact) mass is 651 g/mol. The number of methoxy groups -OCH3 is 1. The number of aliphatic hydroxyl groups is 14. The van der Waals surface area contributed by atoms with Gasteiger partial charge in [-0.1, -0.05) is 12.1 Å². The molecule has 1 fully saturated rings. The quantitative estimate of drug-likeness (QED) is 0.0884. The Labute approximate surface area is 251 Å². The van der Waals surface area contributed by atoms with E-state index in [0.29, 0.717) is 0 Å². The lowest BCUT2D eigenvalue weighted by Crippen LogP contribution is -2.95. The average molecular weight is 652 g/mol. The van der Waals surface area contributed by atoms with Gasteiger partial charge in [-0.2, -0.15) is 4.90 Å². The number of anilines is 1. The molecule has 16 N–H and O–H groups in total. The number of piperazine rings is 1. The number of ether oxygens (including phenoxy) is 2. The Kier molecular flexibility index (Phi) is 8.98. The van der Waals surface area contributed by atoms with Gasteiger partial charge in [0.15, 0.2) is 11.5 Å². The summed E-state index contributed by atoms with van der Waals surface area (Å²) >= 11 is 0. The summed E-state index contributed by atoms with van der Waals surface area (Å²) in [4.78, 5) is 10.1. The van der Waals surface area contributed by atoms with E-state index in [4.69, 9.17) is 4.74 Å². The van der Waals surface area contributed by atoms with Crippen LogP contribution in [0.25, 0.3) is 0 Å². The Morgan fingerprint density at radius 2 is 1.24 bits per heavy atom. The Balaban J connectivity index is 2.07. The molecule has 0 saturated carbocycles. The Hall–Kier alpha value is -3.33. The van der Waals surface area contributed by atoms with Crippen LogP contribution in [0.1, 0.15) is 11.1 Å². The molecule has 0 radical (unpaired) electrons. The number of carbonyl (C=O) groups excluding carboxylic acids is 1. The molecule has 1 amide bonds. The molecule has 0 unspecified atom stereocenters. The van der Waals surface area contributed by atoms with E-state index in [9.17, 15) is 81.4 Å². The van der Waals surface area contributed by atoms with Crippen LogP contribution in [0.4, 0.5) is 5.69 Å². The summed E-state index contributed by atoms with van der Waals surface area (Å²) in [6.45, 7) is 1.01. The highest BCUT2D eigenvalue weighted by atomic mass is 16.8. The molecule has 252 valence electrons. The number of nitrogens with zero attached hydrogens (tertiary/aromatic N) is 2. The molecule has 0 aliphatic carbocycles. The van der Waals surface area contributed by atoms with Gasteiger partial charge in [-0.3, -0.25) is 4.79 Å². The minimum Gasteiger partial charge on any atom is -0.508 e. The number of phenols is 1. The zero-order chi connectivity index (χ0) is 34.8. The average Bonchev–Trinajstić information content (AvgIpc) is 2.87. The summed E-state index contributed by atoms with van der Waals surface area (Å²) in [6.07, 6.45) is 0. The third kappa shape index (κ3) is 5.55. The summed E-state index contributed by atoms with van der Waals surface area (Å²) in [5.41, 5.74) is 0.423. The van der Waals surface area contributed by atoms with Crippen molar-refractivity contribution in [3.05, 3.63) is 47.5 Å². The maximum absolute atomic E-state index is 12.8. The fraction of sp³-hybridized carbons (Fsp3) is 0.458. The van der Waals surface area contributed by atoms with E-state index >= 15 is 0 Å². The molecule has 0 atom stereocenters. The van der Waals surface area contributed by atoms with E-state index in [1.807, 2.05) is 0 Å². The largest absolute Gasteiger partial charge is 0.508 e. The van der Waals surface area contributed by atoms with Crippen molar-refractivity contribution in [1.29, 1.82) is 0 Å². The van der Waals surface area contributed by atoms with Gasteiger partial charge in [0.2, 0.25) is 5.91 Å². The molecule has 2 aromatic carbocycles. The number of para-hydroxylation sites is 2. The SMILES string of the molecule is COc1ccccc1OC(O)(O)C(O)(O)C(O)(O)N1C(O)(O)C(O)(O)N(CC(=O)Nc2c(C)cc(O)cc2C)C(O)(O)C1(O)O. The first-order valence-corrected chi connectivity index (χ1v) is 12.3. The van der Waals surface area contributed by atoms with Crippen molar-refractivity contribution in [1.82, 2.24) is 9.80 Å². The van der Waals surface area contributed by atoms with E-state index in [1.54, 1.807) is 0 Å². The zero-order valence-corrected chi connectivity index (χ0v) is 23.5. The number of hydrogen-bond acceptors (Lipinski definition) is 20. The normalized spacial score (nSPS) is 20.0. The summed E-state index contributed by atoms with van der Waals surface area (Å²) in [5.74, 6) is -38.2. The second-order valence-corrected chi connectivity index (χ2v) is 10.1. The van der Waals surface area contributed by atoms with Gasteiger partial charge in [0.25, 0.3) is 0 Å². The predicted molar refractivity (Wildman–Crippen MR) is 139 cm³/mol. The van der Waals surface area contributed by atoms with Crippen molar-refractivity contribution in [2.45, 2.75) is 55.2 Å². The van der Waals surface area contributed by atoms with Gasteiger partial charge in [-0.15, -0.1) is 4.90 Å². The standard InChI is InChI=1S/C24H33N3O18/c1-11-8-13(28)9-12(2)17(11)25-16(29)10-26-20(34,35)22(38,39)27(23(40,41)21(26,36)37)19(32,33)18(30,31)24(42,43)45-15-7-5-4-6-14(15)44-3/h4-9,28,30-43H,10H2,1-3H3,(H,25,29). The van der Waals surface area contributed by atoms with Crippen LogP contribution in [0, 0.1) is 13.8 Å². The molecule has 0 spiro atoms. The number of aromatic hydroxyl groups is 1. The molecule has 21 heteroatoms. The van der Waals surface area contributed by atoms with E-state index in [1.165, 1.54) is 38.1 Å². The highest BCUT2D eigenvalue weighted by Gasteiger charge is 2.85. The number of nitrogens with one attached hydrogen (secondary N) is 1. The molecule has 0 aromatic heterocycles. The van der Waals surface area contributed by atoms with Crippen LogP contribution < -0.4 is 14.8 Å². The lowest BCUT2D eigenvalue weighted by molar-refractivity contribution is -0.659. The van der Waals surface area contributed by atoms with Gasteiger partial charge in [0, 0.05) is 5.69 Å². The number of amides is 1. The van der Waals surface area contributed by atoms with Crippen LogP contribution in [-0.4, -0.2) is 147 Å². The molecule has 1 aliphatic rings. The van der Waals surface area contributed by atoms with Crippen molar-refractivity contribution in [3.63, 3.8) is 0 Å². The molecular formula is C24H33N3O18. The first kappa shape index (κ1) is 36.1. The lowest BCUT2D eigenvalue weighted by atomic mass is 9.99. The van der Waals surface area contributed by atoms with Crippen molar-refractivity contribution in [2.24, 2.45) is 0 Å². The minimum atomic E-state index is -5.42.